The molecule has 0 spiro atoms. The number of aromatic nitrogens is 1. The molecule has 0 fully saturated rings. The first-order valence-corrected chi connectivity index (χ1v) is 5.16. The van der Waals surface area contributed by atoms with Crippen LogP contribution in [-0.4, -0.2) is 11.6 Å². The van der Waals surface area contributed by atoms with E-state index in [9.17, 15) is 4.39 Å². The molecular formula is C12H16FNO. The Bertz CT molecular complexity index is 374. The van der Waals surface area contributed by atoms with E-state index >= 15 is 0 Å². The smallest absolute Gasteiger partial charge is 0.148 e. The first kappa shape index (κ1) is 11.7. The van der Waals surface area contributed by atoms with E-state index in [0.717, 1.165) is 12.0 Å². The number of ether oxygens (including phenoxy) is 1. The van der Waals surface area contributed by atoms with Crippen molar-refractivity contribution in [2.24, 2.45) is 0 Å². The summed E-state index contributed by atoms with van der Waals surface area (Å²) in [6, 6.07) is 1.38. The van der Waals surface area contributed by atoms with E-state index < -0.39 is 0 Å². The van der Waals surface area contributed by atoms with Gasteiger partial charge in [-0.05, 0) is 12.5 Å². The summed E-state index contributed by atoms with van der Waals surface area (Å²) >= 11 is 0. The van der Waals surface area contributed by atoms with Gasteiger partial charge in [0.1, 0.15) is 17.3 Å². The SMILES string of the molecule is C=C1CCOc2cc(F)c(C)nc21.CC. The van der Waals surface area contributed by atoms with E-state index in [1.807, 2.05) is 13.8 Å². The Morgan fingerprint density at radius 2 is 2.13 bits per heavy atom. The standard InChI is InChI=1S/C10H10FNO.C2H6/c1-6-3-4-13-9-5-8(11)7(2)12-10(6)9;1-2/h5H,1,3-4H2,2H3;1-2H3. The molecule has 0 bridgehead atoms. The highest BCUT2D eigenvalue weighted by Crippen LogP contribution is 2.30. The minimum atomic E-state index is -0.326. The summed E-state index contributed by atoms with van der Waals surface area (Å²) in [5.41, 5.74) is 2.01. The van der Waals surface area contributed by atoms with Gasteiger partial charge in [-0.15, -0.1) is 0 Å². The third-order valence-electron chi connectivity index (χ3n) is 2.11. The molecule has 2 rings (SSSR count). The van der Waals surface area contributed by atoms with Gasteiger partial charge in [-0.25, -0.2) is 9.37 Å². The molecule has 15 heavy (non-hydrogen) atoms. The van der Waals surface area contributed by atoms with E-state index in [0.29, 0.717) is 23.7 Å². The monoisotopic (exact) mass is 209 g/mol. The normalized spacial score (nSPS) is 13.5. The summed E-state index contributed by atoms with van der Waals surface area (Å²) in [4.78, 5) is 4.09. The summed E-state index contributed by atoms with van der Waals surface area (Å²) in [5, 5.41) is 0. The Morgan fingerprint density at radius 3 is 2.80 bits per heavy atom. The van der Waals surface area contributed by atoms with Crippen LogP contribution < -0.4 is 4.74 Å². The maximum Gasteiger partial charge on any atom is 0.148 e. The predicted molar refractivity (Wildman–Crippen MR) is 59.4 cm³/mol. The number of fused-ring (bicyclic) bond motifs is 1. The van der Waals surface area contributed by atoms with Crippen LogP contribution in [0.1, 0.15) is 31.7 Å². The third-order valence-corrected chi connectivity index (χ3v) is 2.11. The fraction of sp³-hybridized carbons (Fsp3) is 0.417. The van der Waals surface area contributed by atoms with Gasteiger partial charge >= 0.3 is 0 Å². The Labute approximate surface area is 89.8 Å². The third kappa shape index (κ3) is 2.35. The lowest BCUT2D eigenvalue weighted by molar-refractivity contribution is 0.312. The maximum atomic E-state index is 13.1. The highest BCUT2D eigenvalue weighted by Gasteiger charge is 2.17. The molecule has 1 aliphatic heterocycles. The van der Waals surface area contributed by atoms with Gasteiger partial charge in [-0.2, -0.15) is 0 Å². The number of nitrogens with zero attached hydrogens (tertiary/aromatic N) is 1. The highest BCUT2D eigenvalue weighted by molar-refractivity contribution is 5.67. The molecule has 1 aromatic rings. The van der Waals surface area contributed by atoms with Crippen LogP contribution in [0.3, 0.4) is 0 Å². The average Bonchev–Trinajstić information content (AvgIpc) is 2.24. The van der Waals surface area contributed by atoms with Gasteiger partial charge in [0.05, 0.1) is 12.3 Å². The van der Waals surface area contributed by atoms with Crippen LogP contribution in [-0.2, 0) is 0 Å². The molecule has 2 nitrogen and oxygen atoms in total. The van der Waals surface area contributed by atoms with Gasteiger partial charge in [-0.1, -0.05) is 20.4 Å². The van der Waals surface area contributed by atoms with Crippen molar-refractivity contribution in [2.75, 3.05) is 6.61 Å². The maximum absolute atomic E-state index is 13.1. The molecule has 0 radical (unpaired) electrons. The molecule has 0 aliphatic carbocycles. The molecule has 2 heterocycles. The number of hydrogen-bond donors (Lipinski definition) is 0. The van der Waals surface area contributed by atoms with Gasteiger partial charge in [0.25, 0.3) is 0 Å². The van der Waals surface area contributed by atoms with E-state index in [-0.39, 0.29) is 5.82 Å². The molecule has 0 amide bonds. The summed E-state index contributed by atoms with van der Waals surface area (Å²) in [5.74, 6) is 0.188. The number of halogens is 1. The van der Waals surface area contributed by atoms with Crippen molar-refractivity contribution in [3.63, 3.8) is 0 Å². The van der Waals surface area contributed by atoms with Gasteiger partial charge in [0.15, 0.2) is 0 Å². The Morgan fingerprint density at radius 1 is 1.47 bits per heavy atom. The van der Waals surface area contributed by atoms with Crippen molar-refractivity contribution in [3.8, 4) is 5.75 Å². The molecule has 0 saturated heterocycles. The van der Waals surface area contributed by atoms with Gasteiger partial charge in [-0.3, -0.25) is 0 Å². The van der Waals surface area contributed by atoms with Crippen molar-refractivity contribution < 1.29 is 9.13 Å². The molecule has 0 atom stereocenters. The minimum Gasteiger partial charge on any atom is -0.491 e. The van der Waals surface area contributed by atoms with Crippen molar-refractivity contribution in [1.29, 1.82) is 0 Å². The van der Waals surface area contributed by atoms with Gasteiger partial charge in [0, 0.05) is 12.5 Å². The van der Waals surface area contributed by atoms with Crippen molar-refractivity contribution in [2.45, 2.75) is 27.2 Å². The lowest BCUT2D eigenvalue weighted by atomic mass is 10.1. The zero-order valence-corrected chi connectivity index (χ0v) is 9.43. The fourth-order valence-corrected chi connectivity index (χ4v) is 1.33. The van der Waals surface area contributed by atoms with Crippen molar-refractivity contribution >= 4 is 5.57 Å². The first-order chi connectivity index (χ1) is 7.18. The van der Waals surface area contributed by atoms with Crippen LogP contribution in [0.15, 0.2) is 12.6 Å². The van der Waals surface area contributed by atoms with Crippen molar-refractivity contribution in [1.82, 2.24) is 4.98 Å². The second kappa shape index (κ2) is 4.91. The van der Waals surface area contributed by atoms with Crippen LogP contribution in [0.2, 0.25) is 0 Å². The molecule has 0 aromatic carbocycles. The molecule has 0 N–H and O–H groups in total. The zero-order chi connectivity index (χ0) is 11.4. The lowest BCUT2D eigenvalue weighted by Crippen LogP contribution is -2.10. The Balaban J connectivity index is 0.000000531. The summed E-state index contributed by atoms with van der Waals surface area (Å²) in [6.45, 7) is 10.1. The fourth-order valence-electron chi connectivity index (χ4n) is 1.33. The quantitative estimate of drug-likeness (QED) is 0.653. The molecule has 1 aromatic heterocycles. The van der Waals surface area contributed by atoms with E-state index in [1.54, 1.807) is 6.92 Å². The Hall–Kier alpha value is -1.38. The minimum absolute atomic E-state index is 0.326. The number of pyridine rings is 1. The largest absolute Gasteiger partial charge is 0.491 e. The van der Waals surface area contributed by atoms with Crippen LogP contribution >= 0.6 is 0 Å². The zero-order valence-electron chi connectivity index (χ0n) is 9.43. The summed E-state index contributed by atoms with van der Waals surface area (Å²) < 4.78 is 18.3. The van der Waals surface area contributed by atoms with E-state index in [2.05, 4.69) is 11.6 Å². The van der Waals surface area contributed by atoms with Crippen LogP contribution in [0.5, 0.6) is 5.75 Å². The van der Waals surface area contributed by atoms with Crippen LogP contribution in [0, 0.1) is 12.7 Å². The van der Waals surface area contributed by atoms with Crippen LogP contribution in [0.4, 0.5) is 4.39 Å². The highest BCUT2D eigenvalue weighted by atomic mass is 19.1. The predicted octanol–water partition coefficient (Wildman–Crippen LogP) is 3.35. The molecule has 1 aliphatic rings. The molecule has 0 saturated carbocycles. The van der Waals surface area contributed by atoms with E-state index in [4.69, 9.17) is 4.74 Å². The second-order valence-electron chi connectivity index (χ2n) is 3.10. The van der Waals surface area contributed by atoms with Crippen LogP contribution in [0.25, 0.3) is 5.57 Å². The summed E-state index contributed by atoms with van der Waals surface area (Å²) in [7, 11) is 0. The topological polar surface area (TPSA) is 22.1 Å². The molecule has 3 heteroatoms. The molecular weight excluding hydrogens is 193 g/mol. The molecule has 0 unspecified atom stereocenters. The van der Waals surface area contributed by atoms with Gasteiger partial charge < -0.3 is 4.74 Å². The number of rotatable bonds is 0. The first-order valence-electron chi connectivity index (χ1n) is 5.16. The van der Waals surface area contributed by atoms with Crippen molar-refractivity contribution in [3.05, 3.63) is 29.9 Å². The van der Waals surface area contributed by atoms with E-state index in [1.165, 1.54) is 6.07 Å². The van der Waals surface area contributed by atoms with Gasteiger partial charge in [0.2, 0.25) is 0 Å². The Kier molecular flexibility index (Phi) is 3.83. The lowest BCUT2D eigenvalue weighted by Gasteiger charge is -2.18. The molecule has 82 valence electrons. The summed E-state index contributed by atoms with van der Waals surface area (Å²) in [6.07, 6.45) is 0.769. The number of hydrogen-bond acceptors (Lipinski definition) is 2. The second-order valence-corrected chi connectivity index (χ2v) is 3.10. The average molecular weight is 209 g/mol. The number of aryl methyl sites for hydroxylation is 1.